The van der Waals surface area contributed by atoms with Crippen LogP contribution in [0.2, 0.25) is 0 Å². The molecule has 1 heterocycles. The third-order valence-electron chi connectivity index (χ3n) is 3.75. The van der Waals surface area contributed by atoms with E-state index < -0.39 is 30.8 Å². The summed E-state index contributed by atoms with van der Waals surface area (Å²) in [4.78, 5) is 15.6. The number of amides is 1. The molecule has 4 N–H and O–H groups in total. The molecule has 3 atom stereocenters. The topological polar surface area (TPSA) is 112 Å². The third-order valence-corrected chi connectivity index (χ3v) is 3.75. The summed E-state index contributed by atoms with van der Waals surface area (Å²) in [6.45, 7) is 0.568. The number of benzene rings is 1. The van der Waals surface area contributed by atoms with Crippen LogP contribution in [0.4, 0.5) is 4.39 Å². The van der Waals surface area contributed by atoms with Crippen molar-refractivity contribution in [3.63, 3.8) is 0 Å². The molecule has 0 fully saturated rings. The second kappa shape index (κ2) is 8.33. The van der Waals surface area contributed by atoms with Crippen molar-refractivity contribution in [3.05, 3.63) is 53.9 Å². The molecule has 2 rings (SSSR count). The maximum atomic E-state index is 13.2. The minimum atomic E-state index is -1.19. The van der Waals surface area contributed by atoms with Gasteiger partial charge in [-0.25, -0.2) is 9.37 Å². The molecule has 1 aromatic heterocycles. The zero-order valence-corrected chi connectivity index (χ0v) is 13.7. The molecule has 130 valence electrons. The minimum Gasteiger partial charge on any atom is -0.386 e. The number of aromatic nitrogens is 1. The number of nitrogens with two attached hydrogens (primary N) is 1. The van der Waals surface area contributed by atoms with Crippen molar-refractivity contribution in [3.8, 4) is 17.2 Å². The Morgan fingerprint density at radius 1 is 1.32 bits per heavy atom. The van der Waals surface area contributed by atoms with Gasteiger partial charge in [0.2, 0.25) is 5.91 Å². The molecule has 0 bridgehead atoms. The van der Waals surface area contributed by atoms with Crippen LogP contribution in [-0.4, -0.2) is 34.8 Å². The lowest BCUT2D eigenvalue weighted by Crippen LogP contribution is -2.47. The Morgan fingerprint density at radius 3 is 2.44 bits per heavy atom. The maximum Gasteiger partial charge on any atom is 0.237 e. The van der Waals surface area contributed by atoms with Crippen LogP contribution < -0.4 is 11.1 Å². The van der Waals surface area contributed by atoms with Crippen LogP contribution in [0.5, 0.6) is 0 Å². The molecule has 0 radical (unpaired) electrons. The lowest BCUT2D eigenvalue weighted by molar-refractivity contribution is -0.123. The van der Waals surface area contributed by atoms with Gasteiger partial charge in [0.15, 0.2) is 0 Å². The number of hydrogen-bond donors (Lipinski definition) is 3. The number of rotatable bonds is 6. The molecule has 7 heteroatoms. The molecule has 0 saturated heterocycles. The largest absolute Gasteiger partial charge is 0.386 e. The minimum absolute atomic E-state index is 0.325. The third kappa shape index (κ3) is 4.59. The summed E-state index contributed by atoms with van der Waals surface area (Å²) in [6.07, 6.45) is 0.387. The second-order valence-electron chi connectivity index (χ2n) is 5.67. The molecule has 25 heavy (non-hydrogen) atoms. The Labute approximate surface area is 145 Å². The lowest BCUT2D eigenvalue weighted by Gasteiger charge is -2.23. The zero-order chi connectivity index (χ0) is 18.4. The molecule has 0 unspecified atom stereocenters. The molecule has 0 aliphatic heterocycles. The van der Waals surface area contributed by atoms with E-state index in [9.17, 15) is 14.3 Å². The van der Waals surface area contributed by atoms with Gasteiger partial charge in [-0.1, -0.05) is 24.3 Å². The lowest BCUT2D eigenvalue weighted by atomic mass is 9.99. The first-order valence-corrected chi connectivity index (χ1v) is 7.72. The van der Waals surface area contributed by atoms with Crippen molar-refractivity contribution >= 4 is 5.91 Å². The number of nitrogens with one attached hydrogen (secondary N) is 1. The van der Waals surface area contributed by atoms with Gasteiger partial charge in [-0.05, 0) is 30.2 Å². The van der Waals surface area contributed by atoms with Gasteiger partial charge < -0.3 is 16.2 Å². The Bertz CT molecular complexity index is 754. The average molecular weight is 342 g/mol. The number of alkyl halides is 1. The Morgan fingerprint density at radius 2 is 1.96 bits per heavy atom. The van der Waals surface area contributed by atoms with E-state index in [4.69, 9.17) is 11.0 Å². The van der Waals surface area contributed by atoms with Crippen LogP contribution in [0.3, 0.4) is 0 Å². The van der Waals surface area contributed by atoms with Crippen molar-refractivity contribution in [2.75, 3.05) is 6.67 Å². The quantitative estimate of drug-likeness (QED) is 0.736. The summed E-state index contributed by atoms with van der Waals surface area (Å²) in [5.41, 5.74) is 7.89. The van der Waals surface area contributed by atoms with Gasteiger partial charge >= 0.3 is 0 Å². The fourth-order valence-electron chi connectivity index (χ4n) is 2.25. The Hall–Kier alpha value is -2.82. The number of halogens is 1. The Kier molecular flexibility index (Phi) is 6.17. The molecule has 1 amide bonds. The Balaban J connectivity index is 2.14. The van der Waals surface area contributed by atoms with Crippen LogP contribution in [0, 0.1) is 11.3 Å². The van der Waals surface area contributed by atoms with Gasteiger partial charge in [-0.15, -0.1) is 0 Å². The molecule has 0 spiro atoms. The first kappa shape index (κ1) is 18.5. The standard InChI is InChI=1S/C18H19FN4O2/c1-11(21)18(25)23-16(8-19)17(24)13-4-2-12(3-5-13)14-6-7-15(9-20)22-10-14/h2-7,10-11,16-17,24H,8,21H2,1H3,(H,23,25)/t11-,16-,17-/m1/s1. The number of nitriles is 1. The smallest absolute Gasteiger partial charge is 0.237 e. The van der Waals surface area contributed by atoms with Crippen LogP contribution >= 0.6 is 0 Å². The fourth-order valence-corrected chi connectivity index (χ4v) is 2.25. The van der Waals surface area contributed by atoms with Gasteiger partial charge in [0, 0.05) is 11.8 Å². The van der Waals surface area contributed by atoms with E-state index in [1.54, 1.807) is 42.6 Å². The number of carbonyl (C=O) groups excluding carboxylic acids is 1. The van der Waals surface area contributed by atoms with E-state index in [0.29, 0.717) is 11.3 Å². The van der Waals surface area contributed by atoms with E-state index in [0.717, 1.165) is 11.1 Å². The number of nitrogens with zero attached hydrogens (tertiary/aromatic N) is 2. The molecule has 0 saturated carbocycles. The van der Waals surface area contributed by atoms with E-state index in [2.05, 4.69) is 10.3 Å². The van der Waals surface area contributed by atoms with Gasteiger partial charge in [0.25, 0.3) is 0 Å². The van der Waals surface area contributed by atoms with E-state index >= 15 is 0 Å². The van der Waals surface area contributed by atoms with Crippen molar-refractivity contribution in [1.82, 2.24) is 10.3 Å². The first-order valence-electron chi connectivity index (χ1n) is 7.72. The van der Waals surface area contributed by atoms with Gasteiger partial charge in [-0.2, -0.15) is 5.26 Å². The van der Waals surface area contributed by atoms with Crippen LogP contribution in [0.1, 0.15) is 24.3 Å². The molecule has 1 aromatic carbocycles. The van der Waals surface area contributed by atoms with Crippen molar-refractivity contribution < 1.29 is 14.3 Å². The summed E-state index contributed by atoms with van der Waals surface area (Å²) < 4.78 is 13.2. The highest BCUT2D eigenvalue weighted by atomic mass is 19.1. The van der Waals surface area contributed by atoms with Crippen molar-refractivity contribution in [2.45, 2.75) is 25.1 Å². The fraction of sp³-hybridized carbons (Fsp3) is 0.278. The van der Waals surface area contributed by atoms with Crippen LogP contribution in [0.15, 0.2) is 42.6 Å². The van der Waals surface area contributed by atoms with Gasteiger partial charge in [0.05, 0.1) is 12.1 Å². The number of aliphatic hydroxyl groups excluding tert-OH is 1. The number of aliphatic hydroxyl groups is 1. The summed E-state index contributed by atoms with van der Waals surface area (Å²) in [5.74, 6) is -0.526. The van der Waals surface area contributed by atoms with Crippen LogP contribution in [0.25, 0.3) is 11.1 Å². The number of carbonyl (C=O) groups is 1. The normalized spacial score (nSPS) is 14.2. The zero-order valence-electron chi connectivity index (χ0n) is 13.7. The van der Waals surface area contributed by atoms with Crippen molar-refractivity contribution in [1.29, 1.82) is 5.26 Å². The summed E-state index contributed by atoms with van der Waals surface area (Å²) in [6, 6.07) is 10.3. The highest BCUT2D eigenvalue weighted by Gasteiger charge is 2.24. The average Bonchev–Trinajstić information content (AvgIpc) is 2.65. The van der Waals surface area contributed by atoms with Gasteiger partial charge in [0.1, 0.15) is 24.5 Å². The predicted octanol–water partition coefficient (Wildman–Crippen LogP) is 1.46. The summed E-state index contributed by atoms with van der Waals surface area (Å²) in [5, 5.41) is 21.5. The molecule has 6 nitrogen and oxygen atoms in total. The van der Waals surface area contributed by atoms with E-state index in [-0.39, 0.29) is 0 Å². The molecular formula is C18H19FN4O2. The summed E-state index contributed by atoms with van der Waals surface area (Å²) in [7, 11) is 0. The predicted molar refractivity (Wildman–Crippen MR) is 90.9 cm³/mol. The van der Waals surface area contributed by atoms with Crippen LogP contribution in [-0.2, 0) is 4.79 Å². The van der Waals surface area contributed by atoms with E-state index in [1.807, 2.05) is 6.07 Å². The SMILES string of the molecule is C[C@@H](N)C(=O)N[C@H](CF)[C@H](O)c1ccc(-c2ccc(C#N)nc2)cc1. The molecule has 2 aromatic rings. The monoisotopic (exact) mass is 342 g/mol. The summed E-state index contributed by atoms with van der Waals surface area (Å²) >= 11 is 0. The van der Waals surface area contributed by atoms with Gasteiger partial charge in [-0.3, -0.25) is 4.79 Å². The first-order chi connectivity index (χ1) is 12.0. The second-order valence-corrected chi connectivity index (χ2v) is 5.67. The molecular weight excluding hydrogens is 323 g/mol. The highest BCUT2D eigenvalue weighted by Crippen LogP contribution is 2.23. The number of pyridine rings is 1. The molecule has 0 aliphatic carbocycles. The highest BCUT2D eigenvalue weighted by molar-refractivity contribution is 5.81. The van der Waals surface area contributed by atoms with E-state index in [1.165, 1.54) is 6.92 Å². The van der Waals surface area contributed by atoms with Crippen molar-refractivity contribution in [2.24, 2.45) is 5.73 Å². The molecule has 0 aliphatic rings. The maximum absolute atomic E-state index is 13.2. The number of hydrogen-bond acceptors (Lipinski definition) is 5.